The first-order valence-corrected chi connectivity index (χ1v) is 7.82. The summed E-state index contributed by atoms with van der Waals surface area (Å²) in [5, 5.41) is 15.1. The van der Waals surface area contributed by atoms with Crippen LogP contribution in [0.2, 0.25) is 0 Å². The van der Waals surface area contributed by atoms with Crippen LogP contribution in [0.1, 0.15) is 31.9 Å². The third-order valence-corrected chi connectivity index (χ3v) is 3.25. The smallest absolute Gasteiger partial charge is 0.319 e. The van der Waals surface area contributed by atoms with E-state index in [9.17, 15) is 9.90 Å². The maximum atomic E-state index is 11.8. The van der Waals surface area contributed by atoms with Gasteiger partial charge in [-0.2, -0.15) is 0 Å². The van der Waals surface area contributed by atoms with Gasteiger partial charge in [0.05, 0.1) is 12.7 Å². The number of hydrogen-bond donors (Lipinski definition) is 3. The average Bonchev–Trinajstić information content (AvgIpc) is 2.46. The fourth-order valence-corrected chi connectivity index (χ4v) is 2.01. The second-order valence-electron chi connectivity index (χ2n) is 5.91. The zero-order valence-electron chi connectivity index (χ0n) is 14.0. The monoisotopic (exact) mass is 308 g/mol. The first-order valence-electron chi connectivity index (χ1n) is 7.82. The first kappa shape index (κ1) is 18.5. The van der Waals surface area contributed by atoms with Crippen LogP contribution < -0.4 is 10.6 Å². The fraction of sp³-hybridized carbons (Fsp3) is 0.588. The number of ether oxygens (including phenoxy) is 1. The van der Waals surface area contributed by atoms with Crippen molar-refractivity contribution < 1.29 is 14.6 Å². The van der Waals surface area contributed by atoms with Crippen LogP contribution in [0, 0.1) is 12.8 Å². The molecule has 0 saturated heterocycles. The number of carbonyl (C=O) groups excluding carboxylic acids is 1. The molecule has 1 aromatic rings. The molecule has 0 radical (unpaired) electrons. The van der Waals surface area contributed by atoms with Crippen molar-refractivity contribution in [3.8, 4) is 0 Å². The highest BCUT2D eigenvalue weighted by Crippen LogP contribution is 2.15. The summed E-state index contributed by atoms with van der Waals surface area (Å²) in [4.78, 5) is 11.8. The fourth-order valence-electron chi connectivity index (χ4n) is 2.01. The molecule has 0 aliphatic carbocycles. The highest BCUT2D eigenvalue weighted by molar-refractivity contribution is 5.89. The number of anilines is 1. The van der Waals surface area contributed by atoms with Crippen molar-refractivity contribution in [2.75, 3.05) is 25.1 Å². The second kappa shape index (κ2) is 9.43. The Labute approximate surface area is 133 Å². The van der Waals surface area contributed by atoms with Gasteiger partial charge in [-0.25, -0.2) is 4.79 Å². The van der Waals surface area contributed by atoms with E-state index in [-0.39, 0.29) is 19.2 Å². The predicted molar refractivity (Wildman–Crippen MR) is 89.2 cm³/mol. The molecule has 124 valence electrons. The van der Waals surface area contributed by atoms with Crippen LogP contribution in [0.4, 0.5) is 10.5 Å². The van der Waals surface area contributed by atoms with Crippen molar-refractivity contribution >= 4 is 11.7 Å². The number of aliphatic hydroxyl groups excluding tert-OH is 1. The van der Waals surface area contributed by atoms with E-state index in [4.69, 9.17) is 4.74 Å². The summed E-state index contributed by atoms with van der Waals surface area (Å²) in [5.74, 6) is 0.428. The molecule has 0 aliphatic rings. The van der Waals surface area contributed by atoms with Crippen molar-refractivity contribution in [2.45, 2.75) is 40.2 Å². The van der Waals surface area contributed by atoms with E-state index in [0.29, 0.717) is 12.5 Å². The van der Waals surface area contributed by atoms with E-state index >= 15 is 0 Å². The molecule has 3 N–H and O–H groups in total. The Bertz CT molecular complexity index is 475. The zero-order valence-corrected chi connectivity index (χ0v) is 14.0. The van der Waals surface area contributed by atoms with Gasteiger partial charge in [0, 0.05) is 18.8 Å². The number of benzene rings is 1. The highest BCUT2D eigenvalue weighted by Gasteiger charge is 2.08. The topological polar surface area (TPSA) is 70.6 Å². The zero-order chi connectivity index (χ0) is 16.5. The Hall–Kier alpha value is -1.59. The summed E-state index contributed by atoms with van der Waals surface area (Å²) in [6.45, 7) is 9.22. The lowest BCUT2D eigenvalue weighted by molar-refractivity contribution is 0.0274. The summed E-state index contributed by atoms with van der Waals surface area (Å²) < 4.78 is 5.33. The van der Waals surface area contributed by atoms with Crippen molar-refractivity contribution in [2.24, 2.45) is 5.92 Å². The van der Waals surface area contributed by atoms with E-state index in [0.717, 1.165) is 12.1 Å². The number of urea groups is 1. The van der Waals surface area contributed by atoms with Crippen LogP contribution in [-0.4, -0.2) is 37.0 Å². The molecule has 1 aromatic carbocycles. The Morgan fingerprint density at radius 1 is 1.32 bits per heavy atom. The number of aryl methyl sites for hydroxylation is 2. The molecular formula is C17H28N2O3. The van der Waals surface area contributed by atoms with Crippen LogP contribution in [-0.2, 0) is 11.2 Å². The van der Waals surface area contributed by atoms with E-state index in [1.807, 2.05) is 32.0 Å². The van der Waals surface area contributed by atoms with Crippen molar-refractivity contribution in [1.82, 2.24) is 5.32 Å². The number of aliphatic hydroxyl groups is 1. The summed E-state index contributed by atoms with van der Waals surface area (Å²) in [6.07, 6.45) is 0.225. The normalized spacial score (nSPS) is 12.3. The van der Waals surface area contributed by atoms with Crippen molar-refractivity contribution in [3.05, 3.63) is 29.3 Å². The van der Waals surface area contributed by atoms with Gasteiger partial charge in [0.25, 0.3) is 0 Å². The number of carbonyl (C=O) groups is 1. The minimum absolute atomic E-state index is 0.163. The molecule has 0 bridgehead atoms. The van der Waals surface area contributed by atoms with Crippen molar-refractivity contribution in [1.29, 1.82) is 0 Å². The van der Waals surface area contributed by atoms with Gasteiger partial charge in [-0.3, -0.25) is 0 Å². The predicted octanol–water partition coefficient (Wildman–Crippen LogP) is 2.71. The van der Waals surface area contributed by atoms with Crippen molar-refractivity contribution in [3.63, 3.8) is 0 Å². The minimum atomic E-state index is -0.700. The summed E-state index contributed by atoms with van der Waals surface area (Å²) in [7, 11) is 0. The van der Waals surface area contributed by atoms with Gasteiger partial charge >= 0.3 is 6.03 Å². The highest BCUT2D eigenvalue weighted by atomic mass is 16.5. The SMILES string of the molecule is CCc1cc(NC(=O)NCC(O)COCC(C)C)ccc1C. The molecule has 1 unspecified atom stereocenters. The molecule has 0 saturated carbocycles. The summed E-state index contributed by atoms with van der Waals surface area (Å²) >= 11 is 0. The number of amides is 2. The summed E-state index contributed by atoms with van der Waals surface area (Å²) in [6, 6.07) is 5.50. The maximum Gasteiger partial charge on any atom is 0.319 e. The Kier molecular flexibility index (Phi) is 7.91. The number of hydrogen-bond acceptors (Lipinski definition) is 3. The largest absolute Gasteiger partial charge is 0.389 e. The molecule has 22 heavy (non-hydrogen) atoms. The molecule has 2 amide bonds. The molecule has 1 rings (SSSR count). The summed E-state index contributed by atoms with van der Waals surface area (Å²) in [5.41, 5.74) is 3.18. The molecule has 0 heterocycles. The lowest BCUT2D eigenvalue weighted by Crippen LogP contribution is -2.37. The van der Waals surface area contributed by atoms with Crippen LogP contribution in [0.3, 0.4) is 0 Å². The van der Waals surface area contributed by atoms with Gasteiger partial charge in [0.2, 0.25) is 0 Å². The van der Waals surface area contributed by atoms with Gasteiger partial charge in [-0.1, -0.05) is 26.8 Å². The quantitative estimate of drug-likeness (QED) is 0.691. The number of nitrogens with one attached hydrogen (secondary N) is 2. The third-order valence-electron chi connectivity index (χ3n) is 3.25. The Morgan fingerprint density at radius 2 is 2.05 bits per heavy atom. The van der Waals surface area contributed by atoms with E-state index in [1.165, 1.54) is 11.1 Å². The van der Waals surface area contributed by atoms with E-state index in [2.05, 4.69) is 24.5 Å². The Morgan fingerprint density at radius 3 is 2.68 bits per heavy atom. The second-order valence-corrected chi connectivity index (χ2v) is 5.91. The Balaban J connectivity index is 2.34. The maximum absolute atomic E-state index is 11.8. The number of rotatable bonds is 8. The molecule has 0 aromatic heterocycles. The van der Waals surface area contributed by atoms with E-state index < -0.39 is 6.10 Å². The van der Waals surface area contributed by atoms with Gasteiger partial charge in [0.1, 0.15) is 0 Å². The molecule has 1 atom stereocenters. The van der Waals surface area contributed by atoms with Crippen LogP contribution >= 0.6 is 0 Å². The van der Waals surface area contributed by atoms with Gasteiger partial charge in [-0.05, 0) is 42.5 Å². The van der Waals surface area contributed by atoms with E-state index in [1.54, 1.807) is 0 Å². The molecule has 0 fully saturated rings. The lowest BCUT2D eigenvalue weighted by Gasteiger charge is -2.14. The first-order chi connectivity index (χ1) is 10.4. The third kappa shape index (κ3) is 6.91. The molecule has 0 spiro atoms. The standard InChI is InChI=1S/C17H28N2O3/c1-5-14-8-15(7-6-13(14)4)19-17(21)18-9-16(20)11-22-10-12(2)3/h6-8,12,16,20H,5,9-11H2,1-4H3,(H2,18,19,21). The molecular weight excluding hydrogens is 280 g/mol. The molecule has 5 nitrogen and oxygen atoms in total. The average molecular weight is 308 g/mol. The molecule has 5 heteroatoms. The van der Waals surface area contributed by atoms with Crippen LogP contribution in [0.25, 0.3) is 0 Å². The molecule has 0 aliphatic heterocycles. The lowest BCUT2D eigenvalue weighted by atomic mass is 10.1. The van der Waals surface area contributed by atoms with Gasteiger partial charge in [0.15, 0.2) is 0 Å². The van der Waals surface area contributed by atoms with Crippen LogP contribution in [0.5, 0.6) is 0 Å². The minimum Gasteiger partial charge on any atom is -0.389 e. The van der Waals surface area contributed by atoms with Crippen LogP contribution in [0.15, 0.2) is 18.2 Å². The van der Waals surface area contributed by atoms with Gasteiger partial charge in [-0.15, -0.1) is 0 Å². The van der Waals surface area contributed by atoms with Gasteiger partial charge < -0.3 is 20.5 Å².